The fourth-order valence-corrected chi connectivity index (χ4v) is 1.26. The minimum atomic E-state index is 0.0324. The van der Waals surface area contributed by atoms with Crippen LogP contribution in [0.5, 0.6) is 0 Å². The molecule has 1 heterocycles. The summed E-state index contributed by atoms with van der Waals surface area (Å²) < 4.78 is 0. The summed E-state index contributed by atoms with van der Waals surface area (Å²) >= 11 is 0. The zero-order valence-corrected chi connectivity index (χ0v) is 6.79. The van der Waals surface area contributed by atoms with Gasteiger partial charge < -0.3 is 15.9 Å². The summed E-state index contributed by atoms with van der Waals surface area (Å²) in [5, 5.41) is 6.89. The van der Waals surface area contributed by atoms with Gasteiger partial charge in [-0.1, -0.05) is 5.16 Å². The number of nitrogens with two attached hydrogens (primary N) is 1. The van der Waals surface area contributed by atoms with E-state index in [2.05, 4.69) is 15.3 Å². The van der Waals surface area contributed by atoms with Crippen molar-refractivity contribution in [2.75, 3.05) is 20.2 Å². The highest BCUT2D eigenvalue weighted by Gasteiger charge is 2.19. The van der Waals surface area contributed by atoms with E-state index in [1.165, 1.54) is 7.11 Å². The average Bonchev–Trinajstić information content (AvgIpc) is 2.52. The van der Waals surface area contributed by atoms with Crippen LogP contribution in [-0.4, -0.2) is 32.5 Å². The molecule has 2 unspecified atom stereocenters. The summed E-state index contributed by atoms with van der Waals surface area (Å²) in [6.45, 7) is 2.07. The Kier molecular flexibility index (Phi) is 3.32. The Labute approximate surface area is 66.8 Å². The maximum Gasteiger partial charge on any atom is 0.106 e. The lowest BCUT2D eigenvalue weighted by Crippen LogP contribution is -2.32. The topological polar surface area (TPSA) is 59.6 Å². The maximum absolute atomic E-state index is 5.80. The minimum absolute atomic E-state index is 0.0324. The van der Waals surface area contributed by atoms with Crippen LogP contribution in [0.25, 0.3) is 0 Å². The van der Waals surface area contributed by atoms with Crippen molar-refractivity contribution in [3.8, 4) is 0 Å². The van der Waals surface area contributed by atoms with E-state index in [4.69, 9.17) is 5.73 Å². The number of nitrogens with one attached hydrogen (secondary N) is 1. The molecule has 0 radical (unpaired) electrons. The predicted molar refractivity (Wildman–Crippen MR) is 44.5 cm³/mol. The maximum atomic E-state index is 5.80. The predicted octanol–water partition coefficient (Wildman–Crippen LogP) is -0.445. The Morgan fingerprint density at radius 3 is 3.18 bits per heavy atom. The first-order valence-electron chi connectivity index (χ1n) is 3.87. The molecule has 0 aromatic rings. The summed E-state index contributed by atoms with van der Waals surface area (Å²) in [5.41, 5.74) is 5.80. The highest BCUT2D eigenvalue weighted by atomic mass is 16.6. The van der Waals surface area contributed by atoms with Gasteiger partial charge in [-0.05, 0) is 25.4 Å². The van der Waals surface area contributed by atoms with Crippen LogP contribution in [0.4, 0.5) is 0 Å². The van der Waals surface area contributed by atoms with Gasteiger partial charge in [-0.2, -0.15) is 0 Å². The molecule has 64 valence electrons. The summed E-state index contributed by atoms with van der Waals surface area (Å²) in [5.74, 6) is 0.522. The van der Waals surface area contributed by atoms with Crippen LogP contribution in [0.1, 0.15) is 6.42 Å². The number of rotatable bonds is 3. The molecule has 1 fully saturated rings. The molecular weight excluding hydrogens is 142 g/mol. The van der Waals surface area contributed by atoms with Crippen LogP contribution in [0.3, 0.4) is 0 Å². The van der Waals surface area contributed by atoms with Crippen molar-refractivity contribution in [1.82, 2.24) is 5.32 Å². The van der Waals surface area contributed by atoms with E-state index in [1.54, 1.807) is 6.21 Å². The Morgan fingerprint density at radius 2 is 2.64 bits per heavy atom. The third-order valence-corrected chi connectivity index (χ3v) is 1.98. The summed E-state index contributed by atoms with van der Waals surface area (Å²) in [4.78, 5) is 4.54. The molecule has 0 bridgehead atoms. The molecule has 1 aliphatic heterocycles. The van der Waals surface area contributed by atoms with Crippen molar-refractivity contribution in [3.05, 3.63) is 0 Å². The summed E-state index contributed by atoms with van der Waals surface area (Å²) in [6.07, 6.45) is 2.80. The van der Waals surface area contributed by atoms with Crippen molar-refractivity contribution < 1.29 is 4.84 Å². The van der Waals surface area contributed by atoms with Gasteiger partial charge in [0.1, 0.15) is 7.11 Å². The standard InChI is InChI=1S/C7H15N3O/c1-11-10-5-7(8)6-2-3-9-4-6/h5-7,9H,2-4,8H2,1H3/b10-5+. The smallest absolute Gasteiger partial charge is 0.106 e. The van der Waals surface area contributed by atoms with Crippen molar-refractivity contribution in [2.24, 2.45) is 16.8 Å². The van der Waals surface area contributed by atoms with Gasteiger partial charge in [-0.15, -0.1) is 0 Å². The molecule has 0 aromatic carbocycles. The Bertz CT molecular complexity index is 132. The molecule has 2 atom stereocenters. The lowest BCUT2D eigenvalue weighted by Gasteiger charge is -2.11. The third kappa shape index (κ3) is 2.48. The summed E-state index contributed by atoms with van der Waals surface area (Å²) in [6, 6.07) is 0.0324. The highest BCUT2D eigenvalue weighted by Crippen LogP contribution is 2.09. The van der Waals surface area contributed by atoms with E-state index in [1.807, 2.05) is 0 Å². The van der Waals surface area contributed by atoms with Crippen LogP contribution in [0, 0.1) is 5.92 Å². The van der Waals surface area contributed by atoms with Gasteiger partial charge in [0.15, 0.2) is 0 Å². The number of oxime groups is 1. The molecule has 0 amide bonds. The molecule has 4 nitrogen and oxygen atoms in total. The van der Waals surface area contributed by atoms with Crippen molar-refractivity contribution in [3.63, 3.8) is 0 Å². The fraction of sp³-hybridized carbons (Fsp3) is 0.857. The average molecular weight is 157 g/mol. The SMILES string of the molecule is CO/N=C/C(N)C1CCNC1. The molecule has 0 saturated carbocycles. The van der Waals surface area contributed by atoms with E-state index in [9.17, 15) is 0 Å². The molecule has 0 aliphatic carbocycles. The Balaban J connectivity index is 2.27. The molecule has 0 aromatic heterocycles. The van der Waals surface area contributed by atoms with Gasteiger partial charge >= 0.3 is 0 Å². The van der Waals surface area contributed by atoms with E-state index >= 15 is 0 Å². The Morgan fingerprint density at radius 1 is 1.82 bits per heavy atom. The van der Waals surface area contributed by atoms with Crippen LogP contribution < -0.4 is 11.1 Å². The molecule has 11 heavy (non-hydrogen) atoms. The first-order valence-corrected chi connectivity index (χ1v) is 3.87. The molecule has 4 heteroatoms. The van der Waals surface area contributed by atoms with Crippen LogP contribution in [0.15, 0.2) is 5.16 Å². The number of hydrogen-bond donors (Lipinski definition) is 2. The lowest BCUT2D eigenvalue weighted by molar-refractivity contribution is 0.213. The first-order chi connectivity index (χ1) is 5.34. The van der Waals surface area contributed by atoms with E-state index < -0.39 is 0 Å². The van der Waals surface area contributed by atoms with Crippen LogP contribution >= 0.6 is 0 Å². The molecule has 3 N–H and O–H groups in total. The second-order valence-electron chi connectivity index (χ2n) is 2.77. The van der Waals surface area contributed by atoms with Crippen molar-refractivity contribution in [2.45, 2.75) is 12.5 Å². The molecule has 1 rings (SSSR count). The molecular formula is C7H15N3O. The van der Waals surface area contributed by atoms with Gasteiger partial charge in [-0.25, -0.2) is 0 Å². The zero-order chi connectivity index (χ0) is 8.10. The van der Waals surface area contributed by atoms with Crippen LogP contribution in [-0.2, 0) is 4.84 Å². The van der Waals surface area contributed by atoms with Gasteiger partial charge in [0.05, 0.1) is 6.21 Å². The quantitative estimate of drug-likeness (QED) is 0.431. The van der Waals surface area contributed by atoms with Crippen molar-refractivity contribution in [1.29, 1.82) is 0 Å². The third-order valence-electron chi connectivity index (χ3n) is 1.98. The Hall–Kier alpha value is -0.610. The largest absolute Gasteiger partial charge is 0.399 e. The van der Waals surface area contributed by atoms with Crippen molar-refractivity contribution >= 4 is 6.21 Å². The normalized spacial score (nSPS) is 27.6. The van der Waals surface area contributed by atoms with Crippen LogP contribution in [0.2, 0.25) is 0 Å². The summed E-state index contributed by atoms with van der Waals surface area (Å²) in [7, 11) is 1.52. The fourth-order valence-electron chi connectivity index (χ4n) is 1.26. The second kappa shape index (κ2) is 4.31. The van der Waals surface area contributed by atoms with E-state index in [-0.39, 0.29) is 6.04 Å². The lowest BCUT2D eigenvalue weighted by atomic mass is 10.0. The second-order valence-corrected chi connectivity index (χ2v) is 2.77. The van der Waals surface area contributed by atoms with Gasteiger partial charge in [-0.3, -0.25) is 0 Å². The van der Waals surface area contributed by atoms with Gasteiger partial charge in [0.2, 0.25) is 0 Å². The van der Waals surface area contributed by atoms with E-state index in [0.717, 1.165) is 19.5 Å². The molecule has 1 saturated heterocycles. The van der Waals surface area contributed by atoms with Gasteiger partial charge in [0.25, 0.3) is 0 Å². The first kappa shape index (κ1) is 8.49. The zero-order valence-electron chi connectivity index (χ0n) is 6.79. The highest BCUT2D eigenvalue weighted by molar-refractivity contribution is 5.63. The monoisotopic (exact) mass is 157 g/mol. The van der Waals surface area contributed by atoms with Gasteiger partial charge in [0, 0.05) is 6.04 Å². The number of nitrogens with zero attached hydrogens (tertiary/aromatic N) is 1. The number of hydrogen-bond acceptors (Lipinski definition) is 4. The van der Waals surface area contributed by atoms with E-state index in [0.29, 0.717) is 5.92 Å². The molecule has 0 spiro atoms. The molecule has 1 aliphatic rings. The minimum Gasteiger partial charge on any atom is -0.399 e.